The van der Waals surface area contributed by atoms with E-state index in [2.05, 4.69) is 12.1 Å². The Morgan fingerprint density at radius 2 is 2.11 bits per heavy atom. The van der Waals surface area contributed by atoms with Gasteiger partial charge in [-0.2, -0.15) is 0 Å². The van der Waals surface area contributed by atoms with Gasteiger partial charge < -0.3 is 10.5 Å². The van der Waals surface area contributed by atoms with Crippen molar-refractivity contribution < 1.29 is 9.53 Å². The average Bonchev–Trinajstić information content (AvgIpc) is 2.86. The molecule has 3 heteroatoms. The predicted molar refractivity (Wildman–Crippen MR) is 73.4 cm³/mol. The second-order valence-corrected chi connectivity index (χ2v) is 5.41. The van der Waals surface area contributed by atoms with E-state index in [1.807, 2.05) is 24.3 Å². The molecule has 3 rings (SSSR count). The third-order valence-electron chi connectivity index (χ3n) is 3.99. The zero-order chi connectivity index (χ0) is 13.2. The third-order valence-corrected chi connectivity index (χ3v) is 3.99. The Morgan fingerprint density at radius 3 is 2.89 bits per heavy atom. The monoisotopic (exact) mass is 257 g/mol. The summed E-state index contributed by atoms with van der Waals surface area (Å²) in [6.07, 6.45) is 7.44. The normalized spacial score (nSPS) is 29.0. The minimum atomic E-state index is -0.163. The first-order valence-corrected chi connectivity index (χ1v) is 6.96. The number of esters is 1. The molecule has 0 amide bonds. The number of hydrogen-bond acceptors (Lipinski definition) is 3. The van der Waals surface area contributed by atoms with Gasteiger partial charge in [0.1, 0.15) is 6.10 Å². The molecule has 1 aromatic carbocycles. The van der Waals surface area contributed by atoms with Gasteiger partial charge in [-0.1, -0.05) is 36.4 Å². The van der Waals surface area contributed by atoms with Crippen molar-refractivity contribution in [3.8, 4) is 0 Å². The number of ether oxygens (including phenoxy) is 1. The topological polar surface area (TPSA) is 52.3 Å². The van der Waals surface area contributed by atoms with Crippen molar-refractivity contribution in [3.63, 3.8) is 0 Å². The highest BCUT2D eigenvalue weighted by Crippen LogP contribution is 2.33. The number of carbonyl (C=O) groups is 1. The van der Waals surface area contributed by atoms with E-state index < -0.39 is 0 Å². The summed E-state index contributed by atoms with van der Waals surface area (Å²) >= 11 is 0. The standard InChI is InChI=1S/C16H19NO2/c17-13-9-8-12(10-13)16(18)19-15-7-3-5-11-4-1-2-6-14(11)15/h1-2,4,6,8-9,12-13,15H,3,5,7,10,17H2. The lowest BCUT2D eigenvalue weighted by Crippen LogP contribution is -2.23. The fraction of sp³-hybridized carbons (Fsp3) is 0.438. The highest BCUT2D eigenvalue weighted by molar-refractivity contribution is 5.75. The van der Waals surface area contributed by atoms with Crippen LogP contribution in [0, 0.1) is 5.92 Å². The number of hydrogen-bond donors (Lipinski definition) is 1. The molecule has 3 unspecified atom stereocenters. The van der Waals surface area contributed by atoms with E-state index in [1.54, 1.807) is 0 Å². The maximum absolute atomic E-state index is 12.1. The first-order valence-electron chi connectivity index (χ1n) is 6.96. The molecule has 0 fully saturated rings. The molecule has 0 aliphatic heterocycles. The lowest BCUT2D eigenvalue weighted by Gasteiger charge is -2.26. The van der Waals surface area contributed by atoms with Crippen LogP contribution in [0.3, 0.4) is 0 Å². The number of rotatable bonds is 2. The van der Waals surface area contributed by atoms with E-state index in [9.17, 15) is 4.79 Å². The zero-order valence-electron chi connectivity index (χ0n) is 10.9. The van der Waals surface area contributed by atoms with E-state index >= 15 is 0 Å². The molecule has 0 aromatic heterocycles. The Balaban J connectivity index is 1.71. The van der Waals surface area contributed by atoms with Crippen LogP contribution in [0.2, 0.25) is 0 Å². The number of carbonyl (C=O) groups excluding carboxylic acids is 1. The second kappa shape index (κ2) is 5.17. The summed E-state index contributed by atoms with van der Waals surface area (Å²) < 4.78 is 5.70. The maximum Gasteiger partial charge on any atom is 0.313 e. The van der Waals surface area contributed by atoms with Crippen LogP contribution in [-0.2, 0) is 16.0 Å². The van der Waals surface area contributed by atoms with Crippen molar-refractivity contribution in [3.05, 3.63) is 47.5 Å². The fourth-order valence-corrected chi connectivity index (χ4v) is 2.96. The molecule has 1 aromatic rings. The largest absolute Gasteiger partial charge is 0.457 e. The van der Waals surface area contributed by atoms with Crippen molar-refractivity contribution in [2.24, 2.45) is 11.7 Å². The summed E-state index contributed by atoms with van der Waals surface area (Å²) in [5.74, 6) is -0.296. The van der Waals surface area contributed by atoms with Crippen LogP contribution in [0.1, 0.15) is 36.5 Å². The van der Waals surface area contributed by atoms with Crippen molar-refractivity contribution in [1.29, 1.82) is 0 Å². The highest BCUT2D eigenvalue weighted by atomic mass is 16.5. The second-order valence-electron chi connectivity index (χ2n) is 5.41. The minimum absolute atomic E-state index is 0.00353. The van der Waals surface area contributed by atoms with Crippen molar-refractivity contribution in [1.82, 2.24) is 0 Å². The molecule has 0 spiro atoms. The van der Waals surface area contributed by atoms with Crippen molar-refractivity contribution in [2.75, 3.05) is 0 Å². The molecule has 2 N–H and O–H groups in total. The van der Waals surface area contributed by atoms with Crippen LogP contribution in [0.4, 0.5) is 0 Å². The van der Waals surface area contributed by atoms with Gasteiger partial charge in [0.2, 0.25) is 0 Å². The van der Waals surface area contributed by atoms with Gasteiger partial charge in [0.15, 0.2) is 0 Å². The smallest absolute Gasteiger partial charge is 0.313 e. The number of fused-ring (bicyclic) bond motifs is 1. The Kier molecular flexibility index (Phi) is 3.38. The van der Waals surface area contributed by atoms with E-state index in [-0.39, 0.29) is 24.0 Å². The number of benzene rings is 1. The molecule has 0 bridgehead atoms. The van der Waals surface area contributed by atoms with Crippen LogP contribution < -0.4 is 5.73 Å². The summed E-state index contributed by atoms with van der Waals surface area (Å²) in [6.45, 7) is 0. The number of nitrogens with two attached hydrogens (primary N) is 1. The van der Waals surface area contributed by atoms with Crippen LogP contribution >= 0.6 is 0 Å². The van der Waals surface area contributed by atoms with Crippen molar-refractivity contribution >= 4 is 5.97 Å². The Bertz CT molecular complexity index is 509. The summed E-state index contributed by atoms with van der Waals surface area (Å²) in [6, 6.07) is 8.25. The molecule has 100 valence electrons. The number of aryl methyl sites for hydroxylation is 1. The van der Waals surface area contributed by atoms with Gasteiger partial charge in [-0.3, -0.25) is 4.79 Å². The maximum atomic E-state index is 12.1. The van der Waals surface area contributed by atoms with Crippen LogP contribution in [0.5, 0.6) is 0 Å². The molecule has 0 saturated carbocycles. The summed E-state index contributed by atoms with van der Waals surface area (Å²) in [5.41, 5.74) is 8.26. The van der Waals surface area contributed by atoms with Gasteiger partial charge in [-0.15, -0.1) is 0 Å². The van der Waals surface area contributed by atoms with Crippen LogP contribution in [0.25, 0.3) is 0 Å². The van der Waals surface area contributed by atoms with Gasteiger partial charge in [-0.25, -0.2) is 0 Å². The van der Waals surface area contributed by atoms with Gasteiger partial charge in [-0.05, 0) is 36.8 Å². The molecule has 0 radical (unpaired) electrons. The van der Waals surface area contributed by atoms with E-state index in [0.717, 1.165) is 19.3 Å². The Morgan fingerprint density at radius 1 is 1.26 bits per heavy atom. The van der Waals surface area contributed by atoms with Gasteiger partial charge in [0.25, 0.3) is 0 Å². The summed E-state index contributed by atoms with van der Waals surface area (Å²) in [7, 11) is 0. The quantitative estimate of drug-likeness (QED) is 0.654. The summed E-state index contributed by atoms with van der Waals surface area (Å²) in [5, 5.41) is 0. The van der Waals surface area contributed by atoms with Crippen LogP contribution in [0.15, 0.2) is 36.4 Å². The SMILES string of the molecule is NC1C=CC(C(=O)OC2CCCc3ccccc32)C1. The molecule has 0 heterocycles. The van der Waals surface area contributed by atoms with E-state index in [4.69, 9.17) is 10.5 Å². The van der Waals surface area contributed by atoms with Gasteiger partial charge >= 0.3 is 5.97 Å². The molecule has 2 aliphatic rings. The lowest BCUT2D eigenvalue weighted by atomic mass is 9.89. The molecule has 3 atom stereocenters. The van der Waals surface area contributed by atoms with E-state index in [1.165, 1.54) is 11.1 Å². The average molecular weight is 257 g/mol. The Hall–Kier alpha value is -1.61. The molecule has 19 heavy (non-hydrogen) atoms. The predicted octanol–water partition coefficient (Wildman–Crippen LogP) is 2.51. The Labute approximate surface area is 113 Å². The highest BCUT2D eigenvalue weighted by Gasteiger charge is 2.29. The first-order chi connectivity index (χ1) is 9.24. The van der Waals surface area contributed by atoms with Gasteiger partial charge in [0, 0.05) is 6.04 Å². The molecule has 0 saturated heterocycles. The third kappa shape index (κ3) is 2.56. The lowest BCUT2D eigenvalue weighted by molar-refractivity contribution is -0.153. The van der Waals surface area contributed by atoms with Gasteiger partial charge in [0.05, 0.1) is 5.92 Å². The van der Waals surface area contributed by atoms with Crippen molar-refractivity contribution in [2.45, 2.75) is 37.8 Å². The fourth-order valence-electron chi connectivity index (χ4n) is 2.96. The zero-order valence-corrected chi connectivity index (χ0v) is 10.9. The molecule has 2 aliphatic carbocycles. The van der Waals surface area contributed by atoms with Crippen LogP contribution in [-0.4, -0.2) is 12.0 Å². The first kappa shape index (κ1) is 12.4. The molecular weight excluding hydrogens is 238 g/mol. The van der Waals surface area contributed by atoms with E-state index in [0.29, 0.717) is 6.42 Å². The molecular formula is C16H19NO2. The summed E-state index contributed by atoms with van der Waals surface area (Å²) in [4.78, 5) is 12.1. The minimum Gasteiger partial charge on any atom is -0.457 e. The molecule has 3 nitrogen and oxygen atoms in total.